The van der Waals surface area contributed by atoms with E-state index in [0.29, 0.717) is 5.56 Å². The van der Waals surface area contributed by atoms with Crippen molar-refractivity contribution in [2.75, 3.05) is 19.5 Å². The SMILES string of the molecule is COC(=O)c1c(N)c(C#N)cn1-c1cc(C)ccc1OCC(F)(F)F. The van der Waals surface area contributed by atoms with Gasteiger partial charge in [-0.05, 0) is 24.6 Å². The Bertz CT molecular complexity index is 851. The summed E-state index contributed by atoms with van der Waals surface area (Å²) in [5.74, 6) is -0.949. The molecule has 0 bridgehead atoms. The largest absolute Gasteiger partial charge is 0.482 e. The number of hydrogen-bond donors (Lipinski definition) is 1. The minimum absolute atomic E-state index is 0.0105. The van der Waals surface area contributed by atoms with Crippen molar-refractivity contribution >= 4 is 11.7 Å². The lowest BCUT2D eigenvalue weighted by molar-refractivity contribution is -0.153. The van der Waals surface area contributed by atoms with E-state index in [9.17, 15) is 18.0 Å². The summed E-state index contributed by atoms with van der Waals surface area (Å²) in [6.07, 6.45) is -3.28. The molecule has 0 radical (unpaired) electrons. The average molecular weight is 353 g/mol. The van der Waals surface area contributed by atoms with Gasteiger partial charge in [0.05, 0.1) is 24.0 Å². The average Bonchev–Trinajstić information content (AvgIpc) is 2.88. The number of nitrogens with zero attached hydrogens (tertiary/aromatic N) is 2. The molecule has 1 aromatic heterocycles. The quantitative estimate of drug-likeness (QED) is 0.854. The smallest absolute Gasteiger partial charge is 0.422 e. The number of methoxy groups -OCH3 is 1. The second-order valence-electron chi connectivity index (χ2n) is 5.15. The van der Waals surface area contributed by atoms with Crippen molar-refractivity contribution in [2.24, 2.45) is 0 Å². The number of alkyl halides is 3. The van der Waals surface area contributed by atoms with Gasteiger partial charge >= 0.3 is 12.1 Å². The predicted molar refractivity (Wildman–Crippen MR) is 82.5 cm³/mol. The monoisotopic (exact) mass is 353 g/mol. The number of nitriles is 1. The molecule has 0 fully saturated rings. The van der Waals surface area contributed by atoms with Gasteiger partial charge in [-0.2, -0.15) is 18.4 Å². The minimum Gasteiger partial charge on any atom is -0.482 e. The van der Waals surface area contributed by atoms with Crippen molar-refractivity contribution in [2.45, 2.75) is 13.1 Å². The topological polar surface area (TPSA) is 90.3 Å². The van der Waals surface area contributed by atoms with E-state index in [-0.39, 0.29) is 28.4 Å². The molecule has 2 rings (SSSR count). The second kappa shape index (κ2) is 6.76. The third kappa shape index (κ3) is 3.85. The van der Waals surface area contributed by atoms with Crippen LogP contribution in [0.5, 0.6) is 5.75 Å². The van der Waals surface area contributed by atoms with Crippen molar-refractivity contribution in [3.63, 3.8) is 0 Å². The minimum atomic E-state index is -4.53. The number of esters is 1. The summed E-state index contributed by atoms with van der Waals surface area (Å²) in [5.41, 5.74) is 6.33. The molecule has 0 aliphatic heterocycles. The Morgan fingerprint density at radius 3 is 2.64 bits per heavy atom. The molecular weight excluding hydrogens is 339 g/mol. The van der Waals surface area contributed by atoms with Crippen LogP contribution in [-0.4, -0.2) is 30.4 Å². The standard InChI is InChI=1S/C16H14F3N3O3/c1-9-3-4-12(25-8-16(17,18)19)11(5-9)22-7-10(6-20)13(21)14(22)15(23)24-2/h3-5,7H,8,21H2,1-2H3. The first-order chi connectivity index (χ1) is 11.7. The number of hydrogen-bond acceptors (Lipinski definition) is 5. The van der Waals surface area contributed by atoms with Gasteiger partial charge < -0.3 is 19.8 Å². The van der Waals surface area contributed by atoms with E-state index in [1.165, 1.54) is 22.9 Å². The predicted octanol–water partition coefficient (Wildman–Crippen LogP) is 2.97. The molecule has 0 spiro atoms. The van der Waals surface area contributed by atoms with Crippen LogP contribution in [-0.2, 0) is 4.74 Å². The zero-order valence-corrected chi connectivity index (χ0v) is 13.3. The molecule has 1 heterocycles. The summed E-state index contributed by atoms with van der Waals surface area (Å²) in [5, 5.41) is 9.12. The first kappa shape index (κ1) is 18.2. The molecule has 132 valence electrons. The fourth-order valence-electron chi connectivity index (χ4n) is 2.20. The number of carbonyl (C=O) groups is 1. The van der Waals surface area contributed by atoms with Crippen LogP contribution in [0, 0.1) is 18.3 Å². The first-order valence-electron chi connectivity index (χ1n) is 6.97. The number of nitrogens with two attached hydrogens (primary N) is 1. The molecule has 9 heteroatoms. The van der Waals surface area contributed by atoms with E-state index in [2.05, 4.69) is 4.74 Å². The van der Waals surface area contributed by atoms with Gasteiger partial charge in [0.2, 0.25) is 0 Å². The highest BCUT2D eigenvalue weighted by Crippen LogP contribution is 2.31. The van der Waals surface area contributed by atoms with Gasteiger partial charge in [0.1, 0.15) is 11.8 Å². The van der Waals surface area contributed by atoms with Crippen LogP contribution in [0.15, 0.2) is 24.4 Å². The zero-order valence-electron chi connectivity index (χ0n) is 13.3. The van der Waals surface area contributed by atoms with E-state index in [4.69, 9.17) is 15.7 Å². The molecule has 6 nitrogen and oxygen atoms in total. The van der Waals surface area contributed by atoms with Crippen LogP contribution in [0.25, 0.3) is 5.69 Å². The van der Waals surface area contributed by atoms with Gasteiger partial charge in [0, 0.05) is 6.20 Å². The molecule has 2 N–H and O–H groups in total. The van der Waals surface area contributed by atoms with Gasteiger partial charge in [-0.3, -0.25) is 0 Å². The van der Waals surface area contributed by atoms with Gasteiger partial charge in [-0.1, -0.05) is 6.07 Å². The van der Waals surface area contributed by atoms with Crippen molar-refractivity contribution in [1.82, 2.24) is 4.57 Å². The van der Waals surface area contributed by atoms with Crippen LogP contribution in [0.3, 0.4) is 0 Å². The Morgan fingerprint density at radius 1 is 1.40 bits per heavy atom. The third-order valence-electron chi connectivity index (χ3n) is 3.31. The molecule has 0 aliphatic carbocycles. The maximum atomic E-state index is 12.5. The summed E-state index contributed by atoms with van der Waals surface area (Å²) < 4.78 is 48.1. The van der Waals surface area contributed by atoms with Crippen LogP contribution in [0.4, 0.5) is 18.9 Å². The zero-order chi connectivity index (χ0) is 18.8. The van der Waals surface area contributed by atoms with Crippen LogP contribution < -0.4 is 10.5 Å². The summed E-state index contributed by atoms with van der Waals surface area (Å²) in [7, 11) is 1.13. The van der Waals surface area contributed by atoms with E-state index < -0.39 is 18.8 Å². The number of aromatic nitrogens is 1. The van der Waals surface area contributed by atoms with E-state index in [1.54, 1.807) is 13.0 Å². The molecule has 1 aromatic carbocycles. The van der Waals surface area contributed by atoms with E-state index in [1.807, 2.05) is 6.07 Å². The summed E-state index contributed by atoms with van der Waals surface area (Å²) >= 11 is 0. The highest BCUT2D eigenvalue weighted by Gasteiger charge is 2.29. The summed E-state index contributed by atoms with van der Waals surface area (Å²) in [6.45, 7) is 0.214. The van der Waals surface area contributed by atoms with Crippen LogP contribution >= 0.6 is 0 Å². The lowest BCUT2D eigenvalue weighted by atomic mass is 10.2. The number of nitrogen functional groups attached to an aromatic ring is 1. The summed E-state index contributed by atoms with van der Waals surface area (Å²) in [4.78, 5) is 12.0. The van der Waals surface area contributed by atoms with E-state index >= 15 is 0 Å². The second-order valence-corrected chi connectivity index (χ2v) is 5.15. The molecule has 0 atom stereocenters. The van der Waals surface area contributed by atoms with Crippen molar-refractivity contribution in [1.29, 1.82) is 5.26 Å². The third-order valence-corrected chi connectivity index (χ3v) is 3.31. The lowest BCUT2D eigenvalue weighted by Crippen LogP contribution is -2.20. The van der Waals surface area contributed by atoms with Gasteiger partial charge in [0.25, 0.3) is 0 Å². The maximum absolute atomic E-state index is 12.5. The molecule has 0 saturated carbocycles. The number of anilines is 1. The van der Waals surface area contributed by atoms with E-state index in [0.717, 1.165) is 7.11 Å². The Morgan fingerprint density at radius 2 is 2.08 bits per heavy atom. The summed E-state index contributed by atoms with van der Waals surface area (Å²) in [6, 6.07) is 6.24. The Kier molecular flexibility index (Phi) is 4.92. The number of halogens is 3. The van der Waals surface area contributed by atoms with Crippen molar-refractivity contribution in [3.8, 4) is 17.5 Å². The molecule has 0 saturated heterocycles. The van der Waals surface area contributed by atoms with Gasteiger partial charge in [-0.25, -0.2) is 4.79 Å². The van der Waals surface area contributed by atoms with Crippen molar-refractivity contribution in [3.05, 3.63) is 41.2 Å². The molecule has 2 aromatic rings. The maximum Gasteiger partial charge on any atom is 0.422 e. The Hall–Kier alpha value is -3.15. The molecular formula is C16H14F3N3O3. The first-order valence-corrected chi connectivity index (χ1v) is 6.97. The highest BCUT2D eigenvalue weighted by molar-refractivity contribution is 5.96. The lowest BCUT2D eigenvalue weighted by Gasteiger charge is -2.16. The number of carbonyl (C=O) groups excluding carboxylic acids is 1. The molecule has 0 unspecified atom stereocenters. The van der Waals surface area contributed by atoms with Gasteiger partial charge in [-0.15, -0.1) is 0 Å². The fraction of sp³-hybridized carbons (Fsp3) is 0.250. The van der Waals surface area contributed by atoms with Crippen LogP contribution in [0.2, 0.25) is 0 Å². The fourth-order valence-corrected chi connectivity index (χ4v) is 2.20. The number of rotatable bonds is 4. The molecule has 0 amide bonds. The van der Waals surface area contributed by atoms with Gasteiger partial charge in [0.15, 0.2) is 12.3 Å². The van der Waals surface area contributed by atoms with Crippen LogP contribution in [0.1, 0.15) is 21.6 Å². The Labute approximate surface area is 141 Å². The molecule has 0 aliphatic rings. The molecule has 25 heavy (non-hydrogen) atoms. The number of benzene rings is 1. The number of ether oxygens (including phenoxy) is 2. The normalized spacial score (nSPS) is 11.0. The highest BCUT2D eigenvalue weighted by atomic mass is 19.4. The number of aryl methyl sites for hydroxylation is 1. The van der Waals surface area contributed by atoms with Crippen molar-refractivity contribution < 1.29 is 27.4 Å². The Balaban J connectivity index is 2.64.